The molecule has 1 aromatic carbocycles. The third-order valence-corrected chi connectivity index (χ3v) is 3.65. The molecular formula is C19H23N3O5. The summed E-state index contributed by atoms with van der Waals surface area (Å²) < 4.78 is 11.4. The molecular weight excluding hydrogens is 350 g/mol. The average Bonchev–Trinajstić information content (AvgIpc) is 3.12. The Labute approximate surface area is 157 Å². The summed E-state index contributed by atoms with van der Waals surface area (Å²) in [5, 5.41) is 6.96. The van der Waals surface area contributed by atoms with Crippen LogP contribution in [0.15, 0.2) is 42.7 Å². The van der Waals surface area contributed by atoms with E-state index in [4.69, 9.17) is 9.47 Å². The molecule has 1 N–H and O–H groups in total. The van der Waals surface area contributed by atoms with Crippen LogP contribution in [0.2, 0.25) is 0 Å². The molecule has 2 rings (SSSR count). The Hall–Kier alpha value is -3.16. The highest BCUT2D eigenvalue weighted by Gasteiger charge is 2.22. The van der Waals surface area contributed by atoms with Crippen LogP contribution in [-0.4, -0.2) is 40.8 Å². The molecule has 1 heterocycles. The van der Waals surface area contributed by atoms with Crippen molar-refractivity contribution < 1.29 is 23.9 Å². The van der Waals surface area contributed by atoms with E-state index in [-0.39, 0.29) is 19.6 Å². The van der Waals surface area contributed by atoms with Gasteiger partial charge < -0.3 is 14.8 Å². The van der Waals surface area contributed by atoms with Crippen LogP contribution in [0, 0.1) is 0 Å². The molecule has 0 saturated carbocycles. The molecule has 2 aromatic rings. The Morgan fingerprint density at radius 3 is 2.41 bits per heavy atom. The topological polar surface area (TPSA) is 99.5 Å². The highest BCUT2D eigenvalue weighted by Crippen LogP contribution is 2.19. The van der Waals surface area contributed by atoms with E-state index in [2.05, 4.69) is 10.4 Å². The van der Waals surface area contributed by atoms with Crippen molar-refractivity contribution in [1.82, 2.24) is 15.1 Å². The monoisotopic (exact) mass is 373 g/mol. The Kier molecular flexibility index (Phi) is 7.54. The summed E-state index contributed by atoms with van der Waals surface area (Å²) in [5.41, 5.74) is 1.47. The summed E-state index contributed by atoms with van der Waals surface area (Å²) in [6.45, 7) is 3.81. The predicted octanol–water partition coefficient (Wildman–Crippen LogP) is 1.94. The summed E-state index contributed by atoms with van der Waals surface area (Å²) in [6.07, 6.45) is 2.81. The van der Waals surface area contributed by atoms with E-state index in [1.807, 2.05) is 30.3 Å². The van der Waals surface area contributed by atoms with Gasteiger partial charge in [-0.25, -0.2) is 4.68 Å². The number of amides is 1. The maximum absolute atomic E-state index is 12.1. The number of nitrogens with one attached hydrogen (secondary N) is 1. The Morgan fingerprint density at radius 1 is 1.07 bits per heavy atom. The summed E-state index contributed by atoms with van der Waals surface area (Å²) in [5.74, 6) is -1.61. The van der Waals surface area contributed by atoms with Gasteiger partial charge in [0.1, 0.15) is 6.42 Å². The van der Waals surface area contributed by atoms with Crippen molar-refractivity contribution in [2.45, 2.75) is 32.7 Å². The van der Waals surface area contributed by atoms with Gasteiger partial charge in [0.2, 0.25) is 5.91 Å². The minimum Gasteiger partial charge on any atom is -0.466 e. The lowest BCUT2D eigenvalue weighted by Gasteiger charge is -2.16. The fraction of sp³-hybridized carbons (Fsp3) is 0.368. The first-order valence-electron chi connectivity index (χ1n) is 8.74. The van der Waals surface area contributed by atoms with Crippen molar-refractivity contribution in [2.75, 3.05) is 13.2 Å². The second kappa shape index (κ2) is 10.1. The van der Waals surface area contributed by atoms with Crippen molar-refractivity contribution in [3.63, 3.8) is 0 Å². The molecule has 0 aliphatic rings. The molecule has 1 atom stereocenters. The smallest absolute Gasteiger partial charge is 0.315 e. The first kappa shape index (κ1) is 20.2. The lowest BCUT2D eigenvalue weighted by Crippen LogP contribution is -2.32. The fourth-order valence-electron chi connectivity index (χ4n) is 2.47. The first-order chi connectivity index (χ1) is 13.0. The second-order valence-corrected chi connectivity index (χ2v) is 5.66. The van der Waals surface area contributed by atoms with E-state index in [9.17, 15) is 14.4 Å². The van der Waals surface area contributed by atoms with Crippen LogP contribution in [0.25, 0.3) is 5.69 Å². The quantitative estimate of drug-likeness (QED) is 0.533. The highest BCUT2D eigenvalue weighted by molar-refractivity contribution is 5.94. The first-order valence-corrected chi connectivity index (χ1v) is 8.74. The molecule has 1 aromatic heterocycles. The van der Waals surface area contributed by atoms with Gasteiger partial charge in [0.15, 0.2) is 0 Å². The molecule has 8 nitrogen and oxygen atoms in total. The highest BCUT2D eigenvalue weighted by atomic mass is 16.5. The summed E-state index contributed by atoms with van der Waals surface area (Å²) in [7, 11) is 0. The van der Waals surface area contributed by atoms with E-state index < -0.39 is 30.3 Å². The lowest BCUT2D eigenvalue weighted by atomic mass is 10.1. The third-order valence-electron chi connectivity index (χ3n) is 3.65. The number of para-hydroxylation sites is 1. The number of carbonyl (C=O) groups is 3. The van der Waals surface area contributed by atoms with Gasteiger partial charge in [-0.15, -0.1) is 0 Å². The minimum atomic E-state index is -0.663. The largest absolute Gasteiger partial charge is 0.466 e. The van der Waals surface area contributed by atoms with Crippen LogP contribution in [0.5, 0.6) is 0 Å². The maximum Gasteiger partial charge on any atom is 0.315 e. The van der Waals surface area contributed by atoms with Gasteiger partial charge in [-0.05, 0) is 26.0 Å². The molecule has 144 valence electrons. The van der Waals surface area contributed by atoms with E-state index in [1.54, 1.807) is 30.9 Å². The average molecular weight is 373 g/mol. The van der Waals surface area contributed by atoms with Crippen molar-refractivity contribution in [1.29, 1.82) is 0 Å². The number of benzene rings is 1. The van der Waals surface area contributed by atoms with Gasteiger partial charge in [-0.3, -0.25) is 14.4 Å². The SMILES string of the molecule is CCOC(=O)CC(=O)NC(CC(=O)OCC)c1cnn(-c2ccccc2)c1. The van der Waals surface area contributed by atoms with Gasteiger partial charge in [0.25, 0.3) is 0 Å². The second-order valence-electron chi connectivity index (χ2n) is 5.66. The van der Waals surface area contributed by atoms with E-state index in [0.717, 1.165) is 5.69 Å². The molecule has 1 unspecified atom stereocenters. The lowest BCUT2D eigenvalue weighted by molar-refractivity contribution is -0.146. The van der Waals surface area contributed by atoms with Crippen LogP contribution in [0.4, 0.5) is 0 Å². The molecule has 0 radical (unpaired) electrons. The van der Waals surface area contributed by atoms with Crippen LogP contribution < -0.4 is 5.32 Å². The molecule has 8 heteroatoms. The summed E-state index contributed by atoms with van der Waals surface area (Å²) in [6, 6.07) is 8.77. The molecule has 1 amide bonds. The third kappa shape index (κ3) is 6.25. The summed E-state index contributed by atoms with van der Waals surface area (Å²) in [4.78, 5) is 35.5. The van der Waals surface area contributed by atoms with Crippen molar-refractivity contribution >= 4 is 17.8 Å². The van der Waals surface area contributed by atoms with Crippen LogP contribution in [0.3, 0.4) is 0 Å². The Morgan fingerprint density at radius 2 is 1.74 bits per heavy atom. The number of nitrogens with zero attached hydrogens (tertiary/aromatic N) is 2. The number of hydrogen-bond acceptors (Lipinski definition) is 6. The molecule has 0 spiro atoms. The number of carbonyl (C=O) groups excluding carboxylic acids is 3. The predicted molar refractivity (Wildman–Crippen MR) is 96.9 cm³/mol. The zero-order chi connectivity index (χ0) is 19.6. The van der Waals surface area contributed by atoms with Crippen molar-refractivity contribution in [3.05, 3.63) is 48.3 Å². The number of rotatable bonds is 9. The zero-order valence-electron chi connectivity index (χ0n) is 15.4. The van der Waals surface area contributed by atoms with E-state index >= 15 is 0 Å². The van der Waals surface area contributed by atoms with Crippen molar-refractivity contribution in [2.24, 2.45) is 0 Å². The standard InChI is InChI=1S/C19H23N3O5/c1-3-26-18(24)10-16(21-17(23)11-19(25)27-4-2)14-12-20-22(13-14)15-8-6-5-7-9-15/h5-9,12-13,16H,3-4,10-11H2,1-2H3,(H,21,23). The van der Waals surface area contributed by atoms with Gasteiger partial charge >= 0.3 is 11.9 Å². The Bertz CT molecular complexity index is 773. The number of aromatic nitrogens is 2. The molecule has 0 aliphatic carbocycles. The maximum atomic E-state index is 12.1. The number of hydrogen-bond donors (Lipinski definition) is 1. The number of ether oxygens (including phenoxy) is 2. The molecule has 0 saturated heterocycles. The Balaban J connectivity index is 2.14. The fourth-order valence-corrected chi connectivity index (χ4v) is 2.47. The molecule has 0 fully saturated rings. The molecule has 0 aliphatic heterocycles. The van der Waals surface area contributed by atoms with Gasteiger partial charge in [0, 0.05) is 11.8 Å². The van der Waals surface area contributed by atoms with Crippen molar-refractivity contribution in [3.8, 4) is 5.69 Å². The normalized spacial score (nSPS) is 11.5. The van der Waals surface area contributed by atoms with Crippen LogP contribution in [0.1, 0.15) is 38.3 Å². The van der Waals surface area contributed by atoms with Gasteiger partial charge in [0.05, 0.1) is 37.6 Å². The van der Waals surface area contributed by atoms with E-state index in [0.29, 0.717) is 5.56 Å². The van der Waals surface area contributed by atoms with Crippen LogP contribution in [-0.2, 0) is 23.9 Å². The van der Waals surface area contributed by atoms with Crippen LogP contribution >= 0.6 is 0 Å². The molecule has 0 bridgehead atoms. The molecule has 27 heavy (non-hydrogen) atoms. The van der Waals surface area contributed by atoms with E-state index in [1.165, 1.54) is 0 Å². The zero-order valence-corrected chi connectivity index (χ0v) is 15.4. The number of esters is 2. The summed E-state index contributed by atoms with van der Waals surface area (Å²) >= 11 is 0. The minimum absolute atomic E-state index is 0.0666. The van der Waals surface area contributed by atoms with Gasteiger partial charge in [-0.2, -0.15) is 5.10 Å². The van der Waals surface area contributed by atoms with Gasteiger partial charge in [-0.1, -0.05) is 18.2 Å².